The minimum atomic E-state index is -0.436. The molecule has 0 aromatic heterocycles. The molecule has 0 saturated heterocycles. The van der Waals surface area contributed by atoms with Crippen molar-refractivity contribution in [3.8, 4) is 0 Å². The van der Waals surface area contributed by atoms with E-state index in [9.17, 15) is 9.59 Å². The van der Waals surface area contributed by atoms with Crippen LogP contribution in [0.3, 0.4) is 0 Å². The summed E-state index contributed by atoms with van der Waals surface area (Å²) in [6.45, 7) is 5.65. The lowest BCUT2D eigenvalue weighted by molar-refractivity contribution is -0.120. The lowest BCUT2D eigenvalue weighted by Crippen LogP contribution is -2.46. The van der Waals surface area contributed by atoms with Crippen molar-refractivity contribution in [3.05, 3.63) is 0 Å². The van der Waals surface area contributed by atoms with Crippen LogP contribution >= 0.6 is 0 Å². The van der Waals surface area contributed by atoms with Gasteiger partial charge < -0.3 is 10.6 Å². The minimum absolute atomic E-state index is 0.0242. The standard InChI is InChI=1S/C11H24N4O2/c1-9(2)13-11(17)14-10(16)8-15(4)7-5-6-12-3/h9,12H,5-8H2,1-4H3,(H2,13,14,16,17). The number of nitrogens with zero attached hydrogens (tertiary/aromatic N) is 1. The van der Waals surface area contributed by atoms with Crippen LogP contribution in [-0.2, 0) is 4.79 Å². The third kappa shape index (κ3) is 9.77. The van der Waals surface area contributed by atoms with Crippen molar-refractivity contribution in [2.75, 3.05) is 33.7 Å². The number of carbonyl (C=O) groups excluding carboxylic acids is 2. The Morgan fingerprint density at radius 1 is 1.29 bits per heavy atom. The molecule has 6 heteroatoms. The molecule has 0 unspecified atom stereocenters. The van der Waals surface area contributed by atoms with Gasteiger partial charge >= 0.3 is 6.03 Å². The number of urea groups is 1. The van der Waals surface area contributed by atoms with Crippen LogP contribution in [0.1, 0.15) is 20.3 Å². The first-order valence-electron chi connectivity index (χ1n) is 5.89. The quantitative estimate of drug-likeness (QED) is 0.541. The maximum absolute atomic E-state index is 11.4. The van der Waals surface area contributed by atoms with Gasteiger partial charge in [-0.05, 0) is 47.5 Å². The van der Waals surface area contributed by atoms with Gasteiger partial charge in [0.25, 0.3) is 0 Å². The Morgan fingerprint density at radius 3 is 2.47 bits per heavy atom. The average Bonchev–Trinajstić information content (AvgIpc) is 2.15. The van der Waals surface area contributed by atoms with Crippen molar-refractivity contribution in [1.82, 2.24) is 20.9 Å². The van der Waals surface area contributed by atoms with E-state index in [1.807, 2.05) is 32.8 Å². The summed E-state index contributed by atoms with van der Waals surface area (Å²) < 4.78 is 0. The molecule has 0 saturated carbocycles. The normalized spacial score (nSPS) is 10.7. The number of imide groups is 1. The topological polar surface area (TPSA) is 73.5 Å². The van der Waals surface area contributed by atoms with Crippen LogP contribution in [0.5, 0.6) is 0 Å². The van der Waals surface area contributed by atoms with Gasteiger partial charge in [0.05, 0.1) is 6.54 Å². The molecule has 17 heavy (non-hydrogen) atoms. The number of nitrogens with one attached hydrogen (secondary N) is 3. The average molecular weight is 244 g/mol. The van der Waals surface area contributed by atoms with Crippen molar-refractivity contribution >= 4 is 11.9 Å². The number of rotatable bonds is 7. The van der Waals surface area contributed by atoms with Gasteiger partial charge in [-0.1, -0.05) is 0 Å². The van der Waals surface area contributed by atoms with E-state index in [0.29, 0.717) is 0 Å². The Morgan fingerprint density at radius 2 is 1.94 bits per heavy atom. The zero-order valence-corrected chi connectivity index (χ0v) is 11.2. The summed E-state index contributed by atoms with van der Waals surface area (Å²) >= 11 is 0. The molecule has 0 heterocycles. The second-order valence-electron chi connectivity index (χ2n) is 4.37. The fourth-order valence-electron chi connectivity index (χ4n) is 1.31. The Balaban J connectivity index is 3.73. The van der Waals surface area contributed by atoms with E-state index in [0.717, 1.165) is 19.5 Å². The van der Waals surface area contributed by atoms with E-state index >= 15 is 0 Å². The molecule has 0 atom stereocenters. The number of hydrogen-bond acceptors (Lipinski definition) is 4. The van der Waals surface area contributed by atoms with Crippen molar-refractivity contribution in [1.29, 1.82) is 0 Å². The summed E-state index contributed by atoms with van der Waals surface area (Å²) in [5.41, 5.74) is 0. The van der Waals surface area contributed by atoms with Crippen LogP contribution in [0.4, 0.5) is 4.79 Å². The smallest absolute Gasteiger partial charge is 0.321 e. The zero-order chi connectivity index (χ0) is 13.3. The predicted molar refractivity (Wildman–Crippen MR) is 67.9 cm³/mol. The highest BCUT2D eigenvalue weighted by molar-refractivity contribution is 5.95. The molecule has 6 nitrogen and oxygen atoms in total. The summed E-state index contributed by atoms with van der Waals surface area (Å²) in [5, 5.41) is 7.92. The van der Waals surface area contributed by atoms with E-state index < -0.39 is 6.03 Å². The Hall–Kier alpha value is -1.14. The van der Waals surface area contributed by atoms with Crippen LogP contribution in [0.25, 0.3) is 0 Å². The molecule has 3 amide bonds. The van der Waals surface area contributed by atoms with Crippen molar-refractivity contribution in [2.24, 2.45) is 0 Å². The van der Waals surface area contributed by atoms with Gasteiger partial charge in [-0.3, -0.25) is 15.0 Å². The minimum Gasteiger partial charge on any atom is -0.336 e. The van der Waals surface area contributed by atoms with Gasteiger partial charge in [0.1, 0.15) is 0 Å². The van der Waals surface area contributed by atoms with Crippen molar-refractivity contribution in [3.63, 3.8) is 0 Å². The number of carbonyl (C=O) groups is 2. The van der Waals surface area contributed by atoms with Crippen molar-refractivity contribution in [2.45, 2.75) is 26.3 Å². The SMILES string of the molecule is CNCCCN(C)CC(=O)NC(=O)NC(C)C. The summed E-state index contributed by atoms with van der Waals surface area (Å²) in [6.07, 6.45) is 0.971. The van der Waals surface area contributed by atoms with E-state index in [4.69, 9.17) is 0 Å². The van der Waals surface area contributed by atoms with Crippen LogP contribution in [0.15, 0.2) is 0 Å². The molecule has 0 aliphatic rings. The first-order valence-corrected chi connectivity index (χ1v) is 5.89. The largest absolute Gasteiger partial charge is 0.336 e. The van der Waals surface area contributed by atoms with Gasteiger partial charge in [-0.2, -0.15) is 0 Å². The molecule has 100 valence electrons. The predicted octanol–water partition coefficient (Wildman–Crippen LogP) is -0.238. The van der Waals surface area contributed by atoms with E-state index in [1.54, 1.807) is 0 Å². The molecular formula is C11H24N4O2. The lowest BCUT2D eigenvalue weighted by Gasteiger charge is -2.16. The molecule has 0 spiro atoms. The van der Waals surface area contributed by atoms with Crippen LogP contribution in [0.2, 0.25) is 0 Å². The number of amides is 3. The van der Waals surface area contributed by atoms with E-state index in [-0.39, 0.29) is 18.5 Å². The van der Waals surface area contributed by atoms with Gasteiger partial charge in [-0.25, -0.2) is 4.79 Å². The fraction of sp³-hybridized carbons (Fsp3) is 0.818. The Bertz CT molecular complexity index is 244. The molecule has 0 rings (SSSR count). The first kappa shape index (κ1) is 15.9. The molecule has 0 aromatic rings. The summed E-state index contributed by atoms with van der Waals surface area (Å²) in [4.78, 5) is 24.6. The van der Waals surface area contributed by atoms with Gasteiger partial charge in [0.15, 0.2) is 0 Å². The first-order chi connectivity index (χ1) is 7.95. The van der Waals surface area contributed by atoms with Gasteiger partial charge in [0.2, 0.25) is 5.91 Å². The lowest BCUT2D eigenvalue weighted by atomic mass is 10.4. The zero-order valence-electron chi connectivity index (χ0n) is 11.2. The van der Waals surface area contributed by atoms with Crippen LogP contribution < -0.4 is 16.0 Å². The highest BCUT2D eigenvalue weighted by Crippen LogP contribution is 1.86. The van der Waals surface area contributed by atoms with Crippen molar-refractivity contribution < 1.29 is 9.59 Å². The third-order valence-electron chi connectivity index (χ3n) is 2.05. The molecule has 0 aliphatic heterocycles. The summed E-state index contributed by atoms with van der Waals surface area (Å²) in [5.74, 6) is -0.282. The summed E-state index contributed by atoms with van der Waals surface area (Å²) in [7, 11) is 3.75. The van der Waals surface area contributed by atoms with Gasteiger partial charge in [-0.15, -0.1) is 0 Å². The molecule has 0 fully saturated rings. The third-order valence-corrected chi connectivity index (χ3v) is 2.05. The van der Waals surface area contributed by atoms with Crippen LogP contribution in [-0.4, -0.2) is 56.6 Å². The second kappa shape index (κ2) is 8.95. The van der Waals surface area contributed by atoms with E-state index in [1.165, 1.54) is 0 Å². The van der Waals surface area contributed by atoms with Gasteiger partial charge in [0, 0.05) is 6.04 Å². The molecule has 0 aromatic carbocycles. The molecule has 0 bridgehead atoms. The number of likely N-dealkylation sites (N-methyl/N-ethyl adjacent to an activating group) is 1. The molecule has 0 radical (unpaired) electrons. The monoisotopic (exact) mass is 244 g/mol. The molecular weight excluding hydrogens is 220 g/mol. The van der Waals surface area contributed by atoms with Crippen LogP contribution in [0, 0.1) is 0 Å². The maximum Gasteiger partial charge on any atom is 0.321 e. The molecule has 3 N–H and O–H groups in total. The number of hydrogen-bond donors (Lipinski definition) is 3. The summed E-state index contributed by atoms with van der Waals surface area (Å²) in [6, 6.07) is -0.412. The van der Waals surface area contributed by atoms with E-state index in [2.05, 4.69) is 16.0 Å². The second-order valence-corrected chi connectivity index (χ2v) is 4.37. The fourth-order valence-corrected chi connectivity index (χ4v) is 1.31. The maximum atomic E-state index is 11.4. The highest BCUT2D eigenvalue weighted by Gasteiger charge is 2.10. The highest BCUT2D eigenvalue weighted by atomic mass is 16.2. The Labute approximate surface area is 103 Å². The molecule has 0 aliphatic carbocycles. The Kier molecular flexibility index (Phi) is 8.35.